The quantitative estimate of drug-likeness (QED) is 0.928. The fourth-order valence-corrected chi connectivity index (χ4v) is 3.71. The van der Waals surface area contributed by atoms with Crippen LogP contribution in [-0.4, -0.2) is 52.6 Å². The van der Waals surface area contributed by atoms with E-state index < -0.39 is 5.60 Å². The summed E-state index contributed by atoms with van der Waals surface area (Å²) in [7, 11) is 0. The smallest absolute Gasteiger partial charge is 0.224 e. The first-order valence-corrected chi connectivity index (χ1v) is 8.58. The predicted molar refractivity (Wildman–Crippen MR) is 91.0 cm³/mol. The van der Waals surface area contributed by atoms with E-state index in [1.165, 1.54) is 11.1 Å². The first-order chi connectivity index (χ1) is 10.8. The van der Waals surface area contributed by atoms with E-state index in [0.29, 0.717) is 13.0 Å². The molecule has 1 atom stereocenters. The molecule has 1 fully saturated rings. The summed E-state index contributed by atoms with van der Waals surface area (Å²) in [6.07, 6.45) is 1.49. The van der Waals surface area contributed by atoms with Crippen molar-refractivity contribution in [2.45, 2.75) is 45.8 Å². The number of hydrogen-bond donors (Lipinski definition) is 1. The van der Waals surface area contributed by atoms with E-state index in [4.69, 9.17) is 0 Å². The Balaban J connectivity index is 1.53. The molecule has 3 rings (SSSR count). The third kappa shape index (κ3) is 3.29. The molecule has 1 amide bonds. The molecule has 23 heavy (non-hydrogen) atoms. The van der Waals surface area contributed by atoms with Gasteiger partial charge in [-0.2, -0.15) is 0 Å². The number of benzene rings is 1. The van der Waals surface area contributed by atoms with Gasteiger partial charge in [-0.05, 0) is 24.5 Å². The average molecular weight is 316 g/mol. The zero-order valence-electron chi connectivity index (χ0n) is 14.5. The van der Waals surface area contributed by atoms with Gasteiger partial charge in [0.25, 0.3) is 0 Å². The Morgan fingerprint density at radius 2 is 1.87 bits per heavy atom. The number of carbonyl (C=O) groups is 1. The molecule has 2 heterocycles. The van der Waals surface area contributed by atoms with Crippen LogP contribution in [0.15, 0.2) is 24.3 Å². The van der Waals surface area contributed by atoms with Crippen molar-refractivity contribution in [3.8, 4) is 0 Å². The number of amides is 1. The Morgan fingerprint density at radius 3 is 2.52 bits per heavy atom. The lowest BCUT2D eigenvalue weighted by Gasteiger charge is -2.31. The molecule has 1 saturated heterocycles. The summed E-state index contributed by atoms with van der Waals surface area (Å²) in [5, 5.41) is 10.5. The molecule has 0 aliphatic carbocycles. The van der Waals surface area contributed by atoms with Gasteiger partial charge in [0.15, 0.2) is 0 Å². The van der Waals surface area contributed by atoms with Crippen LogP contribution in [0.4, 0.5) is 0 Å². The van der Waals surface area contributed by atoms with Crippen LogP contribution < -0.4 is 0 Å². The number of nitrogens with zero attached hydrogens (tertiary/aromatic N) is 2. The van der Waals surface area contributed by atoms with E-state index in [1.807, 2.05) is 17.9 Å². The fourth-order valence-electron chi connectivity index (χ4n) is 3.71. The van der Waals surface area contributed by atoms with E-state index in [2.05, 4.69) is 36.9 Å². The van der Waals surface area contributed by atoms with Gasteiger partial charge in [0, 0.05) is 44.6 Å². The van der Waals surface area contributed by atoms with Gasteiger partial charge < -0.3 is 10.0 Å². The van der Waals surface area contributed by atoms with Crippen molar-refractivity contribution in [3.05, 3.63) is 35.4 Å². The molecule has 126 valence electrons. The predicted octanol–water partition coefficient (Wildman–Crippen LogP) is 2.05. The molecular weight excluding hydrogens is 288 g/mol. The lowest BCUT2D eigenvalue weighted by molar-refractivity contribution is -0.132. The molecule has 1 aromatic carbocycles. The van der Waals surface area contributed by atoms with Crippen LogP contribution in [0.2, 0.25) is 0 Å². The second-order valence-electron chi connectivity index (χ2n) is 7.95. The third-order valence-electron chi connectivity index (χ3n) is 5.73. The van der Waals surface area contributed by atoms with Crippen LogP contribution in [0.3, 0.4) is 0 Å². The van der Waals surface area contributed by atoms with E-state index >= 15 is 0 Å². The molecule has 2 aliphatic heterocycles. The van der Waals surface area contributed by atoms with Gasteiger partial charge in [-0.25, -0.2) is 0 Å². The van der Waals surface area contributed by atoms with Gasteiger partial charge in [-0.15, -0.1) is 0 Å². The first kappa shape index (κ1) is 16.5. The van der Waals surface area contributed by atoms with Gasteiger partial charge in [0.2, 0.25) is 5.91 Å². The van der Waals surface area contributed by atoms with E-state index in [1.54, 1.807) is 0 Å². The molecular formula is C19H28N2O2. The lowest BCUT2D eigenvalue weighted by Crippen LogP contribution is -2.40. The number of carbonyl (C=O) groups excluding carboxylic acids is 1. The molecule has 0 radical (unpaired) electrons. The molecule has 0 bridgehead atoms. The maximum atomic E-state index is 12.5. The molecule has 0 saturated carbocycles. The number of aliphatic hydroxyl groups is 1. The summed E-state index contributed by atoms with van der Waals surface area (Å²) in [6.45, 7) is 9.86. The van der Waals surface area contributed by atoms with Crippen molar-refractivity contribution in [1.82, 2.24) is 9.80 Å². The molecule has 2 aliphatic rings. The zero-order chi connectivity index (χ0) is 16.7. The van der Waals surface area contributed by atoms with Crippen molar-refractivity contribution >= 4 is 5.91 Å². The molecule has 4 heteroatoms. The Bertz CT molecular complexity index is 579. The highest BCUT2D eigenvalue weighted by molar-refractivity contribution is 5.76. The van der Waals surface area contributed by atoms with Gasteiger partial charge >= 0.3 is 0 Å². The van der Waals surface area contributed by atoms with Crippen molar-refractivity contribution in [2.24, 2.45) is 5.41 Å². The molecule has 4 nitrogen and oxygen atoms in total. The maximum absolute atomic E-state index is 12.5. The van der Waals surface area contributed by atoms with E-state index in [0.717, 1.165) is 32.6 Å². The lowest BCUT2D eigenvalue weighted by atomic mass is 9.79. The fraction of sp³-hybridized carbons (Fsp3) is 0.632. The second-order valence-corrected chi connectivity index (χ2v) is 7.95. The minimum absolute atomic E-state index is 0.125. The minimum atomic E-state index is -0.680. The van der Waals surface area contributed by atoms with E-state index in [9.17, 15) is 9.90 Å². The normalized spacial score (nSPS) is 27.0. The number of fused-ring (bicyclic) bond motifs is 1. The Labute approximate surface area is 139 Å². The van der Waals surface area contributed by atoms with E-state index in [-0.39, 0.29) is 11.3 Å². The van der Waals surface area contributed by atoms with Crippen molar-refractivity contribution in [2.75, 3.05) is 26.2 Å². The zero-order valence-corrected chi connectivity index (χ0v) is 14.5. The van der Waals surface area contributed by atoms with Crippen LogP contribution >= 0.6 is 0 Å². The third-order valence-corrected chi connectivity index (χ3v) is 5.73. The van der Waals surface area contributed by atoms with Gasteiger partial charge in [0.05, 0.1) is 5.60 Å². The summed E-state index contributed by atoms with van der Waals surface area (Å²) in [5.74, 6) is 0.226. The highest BCUT2D eigenvalue weighted by atomic mass is 16.3. The highest BCUT2D eigenvalue weighted by Gasteiger charge is 2.47. The largest absolute Gasteiger partial charge is 0.388 e. The number of rotatable bonds is 3. The van der Waals surface area contributed by atoms with Crippen molar-refractivity contribution in [1.29, 1.82) is 0 Å². The van der Waals surface area contributed by atoms with Crippen molar-refractivity contribution < 1.29 is 9.90 Å². The number of likely N-dealkylation sites (tertiary alicyclic amines) is 1. The molecule has 1 aromatic rings. The van der Waals surface area contributed by atoms with Crippen LogP contribution in [0.25, 0.3) is 0 Å². The van der Waals surface area contributed by atoms with Crippen LogP contribution in [-0.2, 0) is 17.8 Å². The van der Waals surface area contributed by atoms with Crippen LogP contribution in [0.1, 0.15) is 38.3 Å². The van der Waals surface area contributed by atoms with Gasteiger partial charge in [0.1, 0.15) is 0 Å². The standard InChI is InChI=1S/C19H28N2O2/c1-18(2)13-20(14-19(18,3)23)10-9-17(22)21-11-8-15-6-4-5-7-16(15)12-21/h4-7,23H,8-14H2,1-3H3/t19-/m0/s1. The minimum Gasteiger partial charge on any atom is -0.388 e. The summed E-state index contributed by atoms with van der Waals surface area (Å²) >= 11 is 0. The monoisotopic (exact) mass is 316 g/mol. The molecule has 0 unspecified atom stereocenters. The topological polar surface area (TPSA) is 43.8 Å². The molecule has 1 N–H and O–H groups in total. The summed E-state index contributed by atoms with van der Waals surface area (Å²) in [4.78, 5) is 16.7. The van der Waals surface area contributed by atoms with Crippen LogP contribution in [0, 0.1) is 5.41 Å². The Kier molecular flexibility index (Phi) is 4.23. The summed E-state index contributed by atoms with van der Waals surface area (Å²) < 4.78 is 0. The molecule has 0 aromatic heterocycles. The Morgan fingerprint density at radius 1 is 1.17 bits per heavy atom. The van der Waals surface area contributed by atoms with Gasteiger partial charge in [-0.1, -0.05) is 38.1 Å². The van der Waals surface area contributed by atoms with Gasteiger partial charge in [-0.3, -0.25) is 9.69 Å². The van der Waals surface area contributed by atoms with Crippen molar-refractivity contribution in [3.63, 3.8) is 0 Å². The Hall–Kier alpha value is -1.39. The summed E-state index contributed by atoms with van der Waals surface area (Å²) in [5.41, 5.74) is 1.84. The highest BCUT2D eigenvalue weighted by Crippen LogP contribution is 2.38. The van der Waals surface area contributed by atoms with Crippen LogP contribution in [0.5, 0.6) is 0 Å². The number of β-amino-alcohol motifs (C(OH)–C–C–N with tert-alkyl or cyclic N) is 1. The molecule has 0 spiro atoms. The second kappa shape index (κ2) is 5.91. The average Bonchev–Trinajstić information content (AvgIpc) is 2.72. The number of hydrogen-bond acceptors (Lipinski definition) is 3. The summed E-state index contributed by atoms with van der Waals surface area (Å²) in [6, 6.07) is 8.39. The maximum Gasteiger partial charge on any atom is 0.224 e. The SMILES string of the molecule is CC1(C)CN(CCC(=O)N2CCc3ccccc3C2)C[C@]1(C)O. The first-order valence-electron chi connectivity index (χ1n) is 8.58.